The van der Waals surface area contributed by atoms with Gasteiger partial charge in [0.15, 0.2) is 5.17 Å². The summed E-state index contributed by atoms with van der Waals surface area (Å²) in [7, 11) is 0. The van der Waals surface area contributed by atoms with Gasteiger partial charge in [0.2, 0.25) is 5.91 Å². The Morgan fingerprint density at radius 3 is 3.00 bits per heavy atom. The molecule has 0 aromatic carbocycles. The fourth-order valence-corrected chi connectivity index (χ4v) is 1.71. The highest BCUT2D eigenvalue weighted by atomic mass is 32.2. The highest BCUT2D eigenvalue weighted by molar-refractivity contribution is 8.14. The number of rotatable bonds is 4. The van der Waals surface area contributed by atoms with Gasteiger partial charge < -0.3 is 10.6 Å². The number of hydrogen-bond acceptors (Lipinski definition) is 4. The van der Waals surface area contributed by atoms with E-state index in [0.29, 0.717) is 12.5 Å². The summed E-state index contributed by atoms with van der Waals surface area (Å²) in [5, 5.41) is 6.74. The molecule has 0 spiro atoms. The van der Waals surface area contributed by atoms with Crippen LogP contribution in [-0.2, 0) is 4.79 Å². The molecule has 4 nitrogen and oxygen atoms in total. The van der Waals surface area contributed by atoms with Crippen LogP contribution in [0.4, 0.5) is 0 Å². The van der Waals surface area contributed by atoms with Crippen LogP contribution >= 0.6 is 11.8 Å². The molecule has 0 aromatic rings. The predicted octanol–water partition coefficient (Wildman–Crippen LogP) is 0.451. The maximum absolute atomic E-state index is 11.3. The van der Waals surface area contributed by atoms with Gasteiger partial charge in [-0.25, -0.2) is 0 Å². The Balaban J connectivity index is 2.08. The quantitative estimate of drug-likeness (QED) is 0.716. The average molecular weight is 215 g/mol. The topological polar surface area (TPSA) is 53.5 Å². The molecule has 0 aliphatic carbocycles. The van der Waals surface area contributed by atoms with Gasteiger partial charge in [-0.1, -0.05) is 25.6 Å². The first-order valence-electron chi connectivity index (χ1n) is 4.86. The zero-order valence-corrected chi connectivity index (χ0v) is 9.49. The van der Waals surface area contributed by atoms with Crippen molar-refractivity contribution < 1.29 is 4.79 Å². The fraction of sp³-hybridized carbons (Fsp3) is 0.778. The molecular formula is C9H17N3OS. The summed E-state index contributed by atoms with van der Waals surface area (Å²) in [6.07, 6.45) is 0. The Kier molecular flexibility index (Phi) is 4.79. The third kappa shape index (κ3) is 4.50. The molecule has 80 valence electrons. The Morgan fingerprint density at radius 2 is 2.43 bits per heavy atom. The lowest BCUT2D eigenvalue weighted by atomic mass is 10.2. The molecule has 1 heterocycles. The third-order valence-electron chi connectivity index (χ3n) is 1.69. The van der Waals surface area contributed by atoms with Crippen LogP contribution in [0.25, 0.3) is 0 Å². The van der Waals surface area contributed by atoms with Crippen molar-refractivity contribution >= 4 is 22.8 Å². The van der Waals surface area contributed by atoms with E-state index in [1.807, 2.05) is 0 Å². The van der Waals surface area contributed by atoms with Crippen molar-refractivity contribution in [1.82, 2.24) is 10.6 Å². The lowest BCUT2D eigenvalue weighted by Crippen LogP contribution is -2.37. The molecular weight excluding hydrogens is 198 g/mol. The highest BCUT2D eigenvalue weighted by Crippen LogP contribution is 2.08. The summed E-state index contributed by atoms with van der Waals surface area (Å²) in [6, 6.07) is 0. The first-order valence-corrected chi connectivity index (χ1v) is 5.85. The van der Waals surface area contributed by atoms with Crippen molar-refractivity contribution in [3.8, 4) is 0 Å². The van der Waals surface area contributed by atoms with Crippen molar-refractivity contribution in [3.63, 3.8) is 0 Å². The summed E-state index contributed by atoms with van der Waals surface area (Å²) >= 11 is 1.67. The van der Waals surface area contributed by atoms with Gasteiger partial charge in [0.1, 0.15) is 0 Å². The van der Waals surface area contributed by atoms with Crippen LogP contribution in [0.1, 0.15) is 13.8 Å². The number of nitrogens with zero attached hydrogens (tertiary/aromatic N) is 1. The molecule has 1 rings (SSSR count). The summed E-state index contributed by atoms with van der Waals surface area (Å²) in [4.78, 5) is 15.5. The van der Waals surface area contributed by atoms with Crippen LogP contribution < -0.4 is 10.6 Å². The standard InChI is InChI=1S/C9H17N3OS/c1-7(2)5-11-8(13)6-12-9-10-3-4-14-9/h7H,3-6H2,1-2H3,(H,10,12)(H,11,13). The highest BCUT2D eigenvalue weighted by Gasteiger charge is 2.08. The molecule has 0 radical (unpaired) electrons. The normalized spacial score (nSPS) is 15.5. The first-order chi connectivity index (χ1) is 6.68. The number of nitrogens with one attached hydrogen (secondary N) is 2. The molecule has 0 aromatic heterocycles. The molecule has 5 heteroatoms. The predicted molar refractivity (Wildman–Crippen MR) is 60.6 cm³/mol. The summed E-state index contributed by atoms with van der Waals surface area (Å²) < 4.78 is 0. The van der Waals surface area contributed by atoms with Crippen molar-refractivity contribution in [2.75, 3.05) is 25.4 Å². The van der Waals surface area contributed by atoms with Gasteiger partial charge in [0.25, 0.3) is 0 Å². The second kappa shape index (κ2) is 5.90. The van der Waals surface area contributed by atoms with E-state index >= 15 is 0 Å². The molecule has 0 atom stereocenters. The van der Waals surface area contributed by atoms with Crippen LogP contribution in [-0.4, -0.2) is 36.5 Å². The van der Waals surface area contributed by atoms with Crippen molar-refractivity contribution in [1.29, 1.82) is 0 Å². The number of hydrogen-bond donors (Lipinski definition) is 2. The molecule has 1 aliphatic rings. The Morgan fingerprint density at radius 1 is 1.64 bits per heavy atom. The second-order valence-corrected chi connectivity index (χ2v) is 4.67. The third-order valence-corrected chi connectivity index (χ3v) is 2.63. The number of aliphatic imine (C=N–C) groups is 1. The Labute approximate surface area is 88.9 Å². The zero-order chi connectivity index (χ0) is 10.4. The SMILES string of the molecule is CC(C)CNC(=O)CNC1=NCCS1. The van der Waals surface area contributed by atoms with Crippen LogP contribution in [0, 0.1) is 5.92 Å². The van der Waals surface area contributed by atoms with Gasteiger partial charge in [-0.05, 0) is 5.92 Å². The number of carbonyl (C=O) groups excluding carboxylic acids is 1. The number of amides is 1. The van der Waals surface area contributed by atoms with Gasteiger partial charge in [-0.15, -0.1) is 0 Å². The van der Waals surface area contributed by atoms with Gasteiger partial charge >= 0.3 is 0 Å². The van der Waals surface area contributed by atoms with Crippen LogP contribution in [0.3, 0.4) is 0 Å². The average Bonchev–Trinajstić information content (AvgIpc) is 2.63. The lowest BCUT2D eigenvalue weighted by molar-refractivity contribution is -0.120. The molecule has 14 heavy (non-hydrogen) atoms. The van der Waals surface area contributed by atoms with Crippen LogP contribution in [0.2, 0.25) is 0 Å². The molecule has 0 fully saturated rings. The summed E-state index contributed by atoms with van der Waals surface area (Å²) in [5.41, 5.74) is 0. The second-order valence-electron chi connectivity index (χ2n) is 3.59. The van der Waals surface area contributed by atoms with E-state index in [1.165, 1.54) is 0 Å². The molecule has 1 amide bonds. The number of carbonyl (C=O) groups is 1. The maximum atomic E-state index is 11.3. The fourth-order valence-electron chi connectivity index (χ4n) is 0.978. The van der Waals surface area contributed by atoms with E-state index < -0.39 is 0 Å². The Hall–Kier alpha value is -0.710. The van der Waals surface area contributed by atoms with Gasteiger partial charge in [0.05, 0.1) is 13.1 Å². The molecule has 0 unspecified atom stereocenters. The first kappa shape index (κ1) is 11.4. The number of thioether (sulfide) groups is 1. The zero-order valence-electron chi connectivity index (χ0n) is 8.67. The van der Waals surface area contributed by atoms with E-state index in [4.69, 9.17) is 0 Å². The molecule has 0 bridgehead atoms. The van der Waals surface area contributed by atoms with E-state index in [9.17, 15) is 4.79 Å². The van der Waals surface area contributed by atoms with E-state index in [2.05, 4.69) is 29.5 Å². The smallest absolute Gasteiger partial charge is 0.239 e. The van der Waals surface area contributed by atoms with E-state index in [0.717, 1.165) is 24.0 Å². The monoisotopic (exact) mass is 215 g/mol. The Bertz CT molecular complexity index is 228. The largest absolute Gasteiger partial charge is 0.356 e. The maximum Gasteiger partial charge on any atom is 0.239 e. The minimum Gasteiger partial charge on any atom is -0.356 e. The molecule has 0 saturated heterocycles. The minimum atomic E-state index is 0.0360. The van der Waals surface area contributed by atoms with E-state index in [1.54, 1.807) is 11.8 Å². The molecule has 1 aliphatic heterocycles. The molecule has 0 saturated carbocycles. The van der Waals surface area contributed by atoms with Crippen molar-refractivity contribution in [2.45, 2.75) is 13.8 Å². The van der Waals surface area contributed by atoms with Crippen molar-refractivity contribution in [3.05, 3.63) is 0 Å². The van der Waals surface area contributed by atoms with Gasteiger partial charge in [-0.3, -0.25) is 9.79 Å². The lowest BCUT2D eigenvalue weighted by Gasteiger charge is -2.08. The van der Waals surface area contributed by atoms with E-state index in [-0.39, 0.29) is 5.91 Å². The summed E-state index contributed by atoms with van der Waals surface area (Å²) in [5.74, 6) is 1.56. The van der Waals surface area contributed by atoms with Gasteiger partial charge in [0, 0.05) is 12.3 Å². The van der Waals surface area contributed by atoms with Crippen molar-refractivity contribution in [2.24, 2.45) is 10.9 Å². The van der Waals surface area contributed by atoms with Crippen LogP contribution in [0.15, 0.2) is 4.99 Å². The van der Waals surface area contributed by atoms with Crippen LogP contribution in [0.5, 0.6) is 0 Å². The number of amidine groups is 1. The van der Waals surface area contributed by atoms with Gasteiger partial charge in [-0.2, -0.15) is 0 Å². The molecule has 2 N–H and O–H groups in total. The minimum absolute atomic E-state index is 0.0360. The summed E-state index contributed by atoms with van der Waals surface area (Å²) in [6.45, 7) is 6.08.